The number of aromatic nitrogens is 1. The van der Waals surface area contributed by atoms with Crippen LogP contribution in [-0.2, 0) is 12.7 Å². The molecule has 1 heterocycles. The van der Waals surface area contributed by atoms with Crippen LogP contribution in [0.15, 0.2) is 67.0 Å². The third-order valence-electron chi connectivity index (χ3n) is 3.89. The normalized spacial score (nSPS) is 11.1. The number of hydrogen-bond donors (Lipinski definition) is 2. The summed E-state index contributed by atoms with van der Waals surface area (Å²) < 4.78 is 38.8. The van der Waals surface area contributed by atoms with Gasteiger partial charge in [0.25, 0.3) is 5.91 Å². The lowest BCUT2D eigenvalue weighted by Crippen LogP contribution is -2.15. The number of carbonyl (C=O) groups excluding carboxylic acids is 1. The average molecular weight is 406 g/mol. The average Bonchev–Trinajstić information content (AvgIpc) is 2.66. The number of nitrogens with zero attached hydrogens (tertiary/aromatic N) is 1. The number of para-hydroxylation sites is 1. The number of anilines is 2. The highest BCUT2D eigenvalue weighted by Gasteiger charge is 2.31. The second-order valence-electron chi connectivity index (χ2n) is 5.94. The quantitative estimate of drug-likeness (QED) is 0.579. The molecule has 3 rings (SSSR count). The number of hydrogen-bond acceptors (Lipinski definition) is 3. The van der Waals surface area contributed by atoms with E-state index in [1.807, 2.05) is 12.1 Å². The Kier molecular flexibility index (Phi) is 5.84. The SMILES string of the molecule is O=C(Nc1cc(Cl)cc(C(F)(F)F)c1)c1ccccc1NCc1ccncc1. The summed E-state index contributed by atoms with van der Waals surface area (Å²) >= 11 is 5.77. The van der Waals surface area contributed by atoms with E-state index < -0.39 is 17.6 Å². The molecule has 1 aromatic heterocycles. The van der Waals surface area contributed by atoms with Gasteiger partial charge >= 0.3 is 6.18 Å². The number of halogens is 4. The van der Waals surface area contributed by atoms with Gasteiger partial charge in [-0.15, -0.1) is 0 Å². The molecule has 1 amide bonds. The monoisotopic (exact) mass is 405 g/mol. The number of nitrogens with one attached hydrogen (secondary N) is 2. The molecule has 0 saturated carbocycles. The molecule has 0 fully saturated rings. The standard InChI is InChI=1S/C20H15ClF3N3O/c21-15-9-14(20(22,23)24)10-16(11-15)27-19(28)17-3-1-2-4-18(17)26-12-13-5-7-25-8-6-13/h1-11,26H,12H2,(H,27,28). The van der Waals surface area contributed by atoms with Crippen LogP contribution in [0.2, 0.25) is 5.02 Å². The van der Waals surface area contributed by atoms with Crippen LogP contribution in [0.5, 0.6) is 0 Å². The van der Waals surface area contributed by atoms with Crippen molar-refractivity contribution in [2.24, 2.45) is 0 Å². The number of pyridine rings is 1. The van der Waals surface area contributed by atoms with E-state index in [1.54, 1.807) is 36.7 Å². The van der Waals surface area contributed by atoms with Crippen molar-refractivity contribution < 1.29 is 18.0 Å². The lowest BCUT2D eigenvalue weighted by molar-refractivity contribution is -0.137. The molecule has 8 heteroatoms. The van der Waals surface area contributed by atoms with E-state index >= 15 is 0 Å². The van der Waals surface area contributed by atoms with Crippen LogP contribution in [0, 0.1) is 0 Å². The van der Waals surface area contributed by atoms with Crippen molar-refractivity contribution in [1.29, 1.82) is 0 Å². The summed E-state index contributed by atoms with van der Waals surface area (Å²) in [4.78, 5) is 16.6. The Morgan fingerprint density at radius 2 is 1.75 bits per heavy atom. The van der Waals surface area contributed by atoms with Crippen LogP contribution in [0.25, 0.3) is 0 Å². The predicted molar refractivity (Wildman–Crippen MR) is 102 cm³/mol. The summed E-state index contributed by atoms with van der Waals surface area (Å²) in [5.41, 5.74) is 0.850. The molecule has 3 aromatic rings. The fraction of sp³-hybridized carbons (Fsp3) is 0.100. The van der Waals surface area contributed by atoms with Gasteiger partial charge in [0.15, 0.2) is 0 Å². The molecule has 2 N–H and O–H groups in total. The minimum absolute atomic E-state index is 0.0336. The molecule has 0 atom stereocenters. The molecule has 144 valence electrons. The van der Waals surface area contributed by atoms with Crippen LogP contribution >= 0.6 is 11.6 Å². The van der Waals surface area contributed by atoms with Gasteiger partial charge in [0.05, 0.1) is 11.1 Å². The maximum absolute atomic E-state index is 12.9. The molecular formula is C20H15ClF3N3O. The maximum Gasteiger partial charge on any atom is 0.416 e. The topological polar surface area (TPSA) is 54.0 Å². The third kappa shape index (κ3) is 5.01. The van der Waals surface area contributed by atoms with Crippen molar-refractivity contribution in [1.82, 2.24) is 4.98 Å². The molecule has 0 spiro atoms. The van der Waals surface area contributed by atoms with Crippen molar-refractivity contribution >= 4 is 28.9 Å². The minimum atomic E-state index is -4.56. The van der Waals surface area contributed by atoms with Crippen molar-refractivity contribution in [2.45, 2.75) is 12.7 Å². The van der Waals surface area contributed by atoms with Gasteiger partial charge in [-0.1, -0.05) is 23.7 Å². The summed E-state index contributed by atoms with van der Waals surface area (Å²) in [6, 6.07) is 13.3. The highest BCUT2D eigenvalue weighted by Crippen LogP contribution is 2.33. The molecule has 0 bridgehead atoms. The van der Waals surface area contributed by atoms with Gasteiger partial charge in [-0.05, 0) is 48.0 Å². The Morgan fingerprint density at radius 3 is 2.46 bits per heavy atom. The smallest absolute Gasteiger partial charge is 0.380 e. The minimum Gasteiger partial charge on any atom is -0.380 e. The molecule has 0 unspecified atom stereocenters. The first-order valence-electron chi connectivity index (χ1n) is 8.24. The van der Waals surface area contributed by atoms with Crippen LogP contribution in [0.1, 0.15) is 21.5 Å². The number of alkyl halides is 3. The summed E-state index contributed by atoms with van der Waals surface area (Å²) in [6.45, 7) is 0.461. The molecule has 0 radical (unpaired) electrons. The first-order chi connectivity index (χ1) is 13.3. The van der Waals surface area contributed by atoms with Gasteiger partial charge in [-0.2, -0.15) is 13.2 Å². The van der Waals surface area contributed by atoms with E-state index in [4.69, 9.17) is 11.6 Å². The number of rotatable bonds is 5. The van der Waals surface area contributed by atoms with Crippen LogP contribution < -0.4 is 10.6 Å². The van der Waals surface area contributed by atoms with Gasteiger partial charge in [-0.25, -0.2) is 0 Å². The third-order valence-corrected chi connectivity index (χ3v) is 4.11. The van der Waals surface area contributed by atoms with Crippen molar-refractivity contribution in [3.63, 3.8) is 0 Å². The Balaban J connectivity index is 1.79. The molecule has 0 saturated heterocycles. The fourth-order valence-corrected chi connectivity index (χ4v) is 2.79. The van der Waals surface area contributed by atoms with E-state index in [9.17, 15) is 18.0 Å². The highest BCUT2D eigenvalue weighted by atomic mass is 35.5. The first kappa shape index (κ1) is 19.7. The zero-order chi connectivity index (χ0) is 20.1. The van der Waals surface area contributed by atoms with E-state index in [0.29, 0.717) is 17.8 Å². The van der Waals surface area contributed by atoms with Gasteiger partial charge < -0.3 is 10.6 Å². The number of amides is 1. The fourth-order valence-electron chi connectivity index (χ4n) is 2.56. The van der Waals surface area contributed by atoms with Crippen LogP contribution in [-0.4, -0.2) is 10.9 Å². The molecule has 0 aliphatic heterocycles. The van der Waals surface area contributed by atoms with Crippen LogP contribution in [0.3, 0.4) is 0 Å². The van der Waals surface area contributed by atoms with E-state index in [1.165, 1.54) is 6.07 Å². The van der Waals surface area contributed by atoms with Gasteiger partial charge in [0, 0.05) is 35.3 Å². The van der Waals surface area contributed by atoms with Crippen molar-refractivity contribution in [3.05, 3.63) is 88.7 Å². The van der Waals surface area contributed by atoms with Gasteiger partial charge in [-0.3, -0.25) is 9.78 Å². The molecule has 4 nitrogen and oxygen atoms in total. The highest BCUT2D eigenvalue weighted by molar-refractivity contribution is 6.31. The number of benzene rings is 2. The van der Waals surface area contributed by atoms with E-state index in [-0.39, 0.29) is 10.7 Å². The van der Waals surface area contributed by atoms with E-state index in [0.717, 1.165) is 17.7 Å². The summed E-state index contributed by atoms with van der Waals surface area (Å²) in [5, 5.41) is 5.51. The van der Waals surface area contributed by atoms with Gasteiger partial charge in [0.1, 0.15) is 0 Å². The largest absolute Gasteiger partial charge is 0.416 e. The molecule has 28 heavy (non-hydrogen) atoms. The second-order valence-corrected chi connectivity index (χ2v) is 6.37. The zero-order valence-corrected chi connectivity index (χ0v) is 15.2. The van der Waals surface area contributed by atoms with Crippen molar-refractivity contribution in [2.75, 3.05) is 10.6 Å². The summed E-state index contributed by atoms with van der Waals surface area (Å²) in [6.07, 6.45) is -1.24. The lowest BCUT2D eigenvalue weighted by Gasteiger charge is -2.14. The molecular weight excluding hydrogens is 391 g/mol. The summed E-state index contributed by atoms with van der Waals surface area (Å²) in [7, 11) is 0. The predicted octanol–water partition coefficient (Wildman–Crippen LogP) is 5.62. The Morgan fingerprint density at radius 1 is 1.04 bits per heavy atom. The Hall–Kier alpha value is -3.06. The van der Waals surface area contributed by atoms with Gasteiger partial charge in [0.2, 0.25) is 0 Å². The molecule has 2 aromatic carbocycles. The lowest BCUT2D eigenvalue weighted by atomic mass is 10.1. The second kappa shape index (κ2) is 8.31. The first-order valence-corrected chi connectivity index (χ1v) is 8.61. The zero-order valence-electron chi connectivity index (χ0n) is 14.4. The van der Waals surface area contributed by atoms with Crippen molar-refractivity contribution in [3.8, 4) is 0 Å². The summed E-state index contributed by atoms with van der Waals surface area (Å²) in [5.74, 6) is -0.548. The Bertz CT molecular complexity index is 978. The van der Waals surface area contributed by atoms with Crippen LogP contribution in [0.4, 0.5) is 24.5 Å². The number of carbonyl (C=O) groups is 1. The molecule has 0 aliphatic rings. The maximum atomic E-state index is 12.9. The Labute approximate surface area is 164 Å². The van der Waals surface area contributed by atoms with E-state index in [2.05, 4.69) is 15.6 Å². The molecule has 0 aliphatic carbocycles.